The highest BCUT2D eigenvalue weighted by atomic mass is 79.9. The Morgan fingerprint density at radius 1 is 1.30 bits per heavy atom. The molecule has 0 spiro atoms. The van der Waals surface area contributed by atoms with E-state index in [0.29, 0.717) is 6.54 Å². The molecule has 2 rings (SSSR count). The van der Waals surface area contributed by atoms with Crippen molar-refractivity contribution in [3.05, 3.63) is 33.7 Å². The Labute approximate surface area is 128 Å². The van der Waals surface area contributed by atoms with Gasteiger partial charge >= 0.3 is 0 Å². The minimum Gasteiger partial charge on any atom is -0.496 e. The van der Waals surface area contributed by atoms with Gasteiger partial charge in [-0.15, -0.1) is 0 Å². The average molecular weight is 338 g/mol. The molecular formula is C15H20BrN3O. The van der Waals surface area contributed by atoms with E-state index in [9.17, 15) is 0 Å². The van der Waals surface area contributed by atoms with Gasteiger partial charge in [0.2, 0.25) is 0 Å². The minimum atomic E-state index is 0.595. The molecule has 1 aromatic carbocycles. The number of benzene rings is 1. The standard InChI is InChI=1S/C15H20BrN3O/c1-9-7-11(8-10(2)14(9)20-4)13-15(16)18-12(5-6-17)19(13)3/h7-8H,5-6,17H2,1-4H3. The lowest BCUT2D eigenvalue weighted by atomic mass is 10.0. The maximum atomic E-state index is 5.63. The maximum Gasteiger partial charge on any atom is 0.132 e. The fraction of sp³-hybridized carbons (Fsp3) is 0.400. The van der Waals surface area contributed by atoms with Crippen LogP contribution in [-0.4, -0.2) is 23.2 Å². The first-order valence-electron chi connectivity index (χ1n) is 6.56. The van der Waals surface area contributed by atoms with Crippen LogP contribution in [-0.2, 0) is 13.5 Å². The molecule has 0 radical (unpaired) electrons. The van der Waals surface area contributed by atoms with Crippen LogP contribution in [0, 0.1) is 13.8 Å². The summed E-state index contributed by atoms with van der Waals surface area (Å²) < 4.78 is 8.37. The Hall–Kier alpha value is -1.33. The van der Waals surface area contributed by atoms with Gasteiger partial charge in [-0.25, -0.2) is 4.98 Å². The lowest BCUT2D eigenvalue weighted by Gasteiger charge is -2.12. The molecule has 1 aromatic heterocycles. The van der Waals surface area contributed by atoms with Crippen LogP contribution < -0.4 is 10.5 Å². The smallest absolute Gasteiger partial charge is 0.132 e. The zero-order chi connectivity index (χ0) is 14.9. The van der Waals surface area contributed by atoms with E-state index in [2.05, 4.69) is 51.5 Å². The summed E-state index contributed by atoms with van der Waals surface area (Å²) in [4.78, 5) is 4.55. The summed E-state index contributed by atoms with van der Waals surface area (Å²) in [6, 6.07) is 4.25. The molecule has 20 heavy (non-hydrogen) atoms. The molecule has 4 nitrogen and oxygen atoms in total. The Balaban J connectivity index is 2.57. The molecule has 0 aliphatic heterocycles. The van der Waals surface area contributed by atoms with Gasteiger partial charge in [-0.2, -0.15) is 0 Å². The fourth-order valence-corrected chi connectivity index (χ4v) is 3.28. The van der Waals surface area contributed by atoms with Crippen molar-refractivity contribution in [3.63, 3.8) is 0 Å². The van der Waals surface area contributed by atoms with Crippen LogP contribution in [0.1, 0.15) is 17.0 Å². The first-order chi connectivity index (χ1) is 9.49. The predicted molar refractivity (Wildman–Crippen MR) is 85.1 cm³/mol. The maximum absolute atomic E-state index is 5.63. The molecule has 1 heterocycles. The Kier molecular flexibility index (Phi) is 4.50. The second-order valence-electron chi connectivity index (χ2n) is 4.91. The molecule has 5 heteroatoms. The lowest BCUT2D eigenvalue weighted by molar-refractivity contribution is 0.408. The zero-order valence-electron chi connectivity index (χ0n) is 12.3. The van der Waals surface area contributed by atoms with Crippen molar-refractivity contribution in [3.8, 4) is 17.0 Å². The van der Waals surface area contributed by atoms with Gasteiger partial charge in [0.15, 0.2) is 0 Å². The predicted octanol–water partition coefficient (Wildman–Crippen LogP) is 2.98. The van der Waals surface area contributed by atoms with Gasteiger partial charge in [-0.1, -0.05) is 0 Å². The highest BCUT2D eigenvalue weighted by molar-refractivity contribution is 9.10. The first kappa shape index (κ1) is 15.1. The minimum absolute atomic E-state index is 0.595. The van der Waals surface area contributed by atoms with Gasteiger partial charge in [-0.3, -0.25) is 0 Å². The molecule has 0 saturated carbocycles. The van der Waals surface area contributed by atoms with Crippen molar-refractivity contribution >= 4 is 15.9 Å². The summed E-state index contributed by atoms with van der Waals surface area (Å²) in [5, 5.41) is 0. The third kappa shape index (κ3) is 2.60. The number of halogens is 1. The Morgan fingerprint density at radius 2 is 1.90 bits per heavy atom. The van der Waals surface area contributed by atoms with Gasteiger partial charge in [0.25, 0.3) is 0 Å². The highest BCUT2D eigenvalue weighted by Gasteiger charge is 2.16. The van der Waals surface area contributed by atoms with Crippen molar-refractivity contribution in [2.45, 2.75) is 20.3 Å². The SMILES string of the molecule is COc1c(C)cc(-c2c(Br)nc(CCN)n2C)cc1C. The number of nitrogens with zero attached hydrogens (tertiary/aromatic N) is 2. The largest absolute Gasteiger partial charge is 0.496 e. The van der Waals surface area contributed by atoms with E-state index < -0.39 is 0 Å². The molecule has 2 N–H and O–H groups in total. The van der Waals surface area contributed by atoms with E-state index in [1.807, 2.05) is 7.05 Å². The third-order valence-corrected chi connectivity index (χ3v) is 4.00. The molecule has 0 aliphatic carbocycles. The van der Waals surface area contributed by atoms with Crippen LogP contribution in [0.3, 0.4) is 0 Å². The van der Waals surface area contributed by atoms with Crippen molar-refractivity contribution in [1.82, 2.24) is 9.55 Å². The van der Waals surface area contributed by atoms with Crippen LogP contribution >= 0.6 is 15.9 Å². The van der Waals surface area contributed by atoms with Crippen LogP contribution in [0.25, 0.3) is 11.3 Å². The highest BCUT2D eigenvalue weighted by Crippen LogP contribution is 2.33. The summed E-state index contributed by atoms with van der Waals surface area (Å²) in [5.74, 6) is 1.93. The molecule has 0 fully saturated rings. The normalized spacial score (nSPS) is 10.9. The topological polar surface area (TPSA) is 53.1 Å². The van der Waals surface area contributed by atoms with E-state index in [4.69, 9.17) is 10.5 Å². The molecule has 2 aromatic rings. The van der Waals surface area contributed by atoms with Crippen LogP contribution in [0.15, 0.2) is 16.7 Å². The van der Waals surface area contributed by atoms with Crippen LogP contribution in [0.2, 0.25) is 0 Å². The first-order valence-corrected chi connectivity index (χ1v) is 7.35. The fourth-order valence-electron chi connectivity index (χ4n) is 2.58. The van der Waals surface area contributed by atoms with E-state index in [1.165, 1.54) is 0 Å². The molecule has 0 bridgehead atoms. The number of hydrogen-bond acceptors (Lipinski definition) is 3. The Bertz CT molecular complexity index is 611. The summed E-state index contributed by atoms with van der Waals surface area (Å²) in [6.45, 7) is 4.71. The van der Waals surface area contributed by atoms with Gasteiger partial charge in [0.1, 0.15) is 16.2 Å². The summed E-state index contributed by atoms with van der Waals surface area (Å²) >= 11 is 3.56. The summed E-state index contributed by atoms with van der Waals surface area (Å²) in [7, 11) is 3.72. The lowest BCUT2D eigenvalue weighted by Crippen LogP contribution is -2.08. The van der Waals surface area contributed by atoms with Gasteiger partial charge in [0, 0.05) is 19.0 Å². The average Bonchev–Trinajstić information content (AvgIpc) is 2.64. The van der Waals surface area contributed by atoms with Gasteiger partial charge in [0.05, 0.1) is 12.8 Å². The second-order valence-corrected chi connectivity index (χ2v) is 5.66. The summed E-state index contributed by atoms with van der Waals surface area (Å²) in [5.41, 5.74) is 10.1. The number of aryl methyl sites for hydroxylation is 2. The monoisotopic (exact) mass is 337 g/mol. The van der Waals surface area contributed by atoms with Crippen LogP contribution in [0.4, 0.5) is 0 Å². The van der Waals surface area contributed by atoms with E-state index in [1.54, 1.807) is 7.11 Å². The van der Waals surface area contributed by atoms with Crippen LogP contribution in [0.5, 0.6) is 5.75 Å². The third-order valence-electron chi connectivity index (χ3n) is 3.45. The number of imidazole rings is 1. The van der Waals surface area contributed by atoms with E-state index in [-0.39, 0.29) is 0 Å². The number of nitrogens with two attached hydrogens (primary N) is 1. The molecule has 0 amide bonds. The van der Waals surface area contributed by atoms with Crippen molar-refractivity contribution in [2.24, 2.45) is 12.8 Å². The Morgan fingerprint density at radius 3 is 2.40 bits per heavy atom. The number of methoxy groups -OCH3 is 1. The second kappa shape index (κ2) is 5.97. The molecule has 0 saturated heterocycles. The molecular weight excluding hydrogens is 318 g/mol. The number of rotatable bonds is 4. The van der Waals surface area contributed by atoms with Gasteiger partial charge < -0.3 is 15.0 Å². The molecule has 0 unspecified atom stereocenters. The van der Waals surface area contributed by atoms with Crippen molar-refractivity contribution in [1.29, 1.82) is 0 Å². The number of ether oxygens (including phenoxy) is 1. The molecule has 0 aliphatic rings. The number of hydrogen-bond donors (Lipinski definition) is 1. The number of aromatic nitrogens is 2. The van der Waals surface area contributed by atoms with Crippen molar-refractivity contribution < 1.29 is 4.74 Å². The van der Waals surface area contributed by atoms with E-state index in [0.717, 1.165) is 45.0 Å². The molecule has 108 valence electrons. The van der Waals surface area contributed by atoms with Gasteiger partial charge in [-0.05, 0) is 59.6 Å². The molecule has 0 atom stereocenters. The summed E-state index contributed by atoms with van der Waals surface area (Å²) in [6.07, 6.45) is 0.767. The van der Waals surface area contributed by atoms with E-state index >= 15 is 0 Å². The zero-order valence-corrected chi connectivity index (χ0v) is 13.9. The quantitative estimate of drug-likeness (QED) is 0.932. The van der Waals surface area contributed by atoms with Crippen molar-refractivity contribution in [2.75, 3.05) is 13.7 Å².